The molecule has 0 spiro atoms. The Morgan fingerprint density at radius 2 is 2.00 bits per heavy atom. The molecule has 1 amide bonds. The van der Waals surface area contributed by atoms with Gasteiger partial charge in [0.05, 0.1) is 17.7 Å². The number of nitrogens with one attached hydrogen (secondary N) is 1. The highest BCUT2D eigenvalue weighted by atomic mass is 16.6. The number of amides is 1. The summed E-state index contributed by atoms with van der Waals surface area (Å²) in [6.45, 7) is 2.69. The average Bonchev–Trinajstić information content (AvgIpc) is 3.12. The number of benzene rings is 2. The van der Waals surface area contributed by atoms with Crippen LogP contribution in [0.5, 0.6) is 5.75 Å². The van der Waals surface area contributed by atoms with Gasteiger partial charge in [0.25, 0.3) is 5.69 Å². The zero-order valence-electron chi connectivity index (χ0n) is 14.8. The highest BCUT2D eigenvalue weighted by Crippen LogP contribution is 2.30. The van der Waals surface area contributed by atoms with E-state index in [-0.39, 0.29) is 17.6 Å². The number of nitro groups is 1. The predicted octanol–water partition coefficient (Wildman–Crippen LogP) is 3.52. The summed E-state index contributed by atoms with van der Waals surface area (Å²) in [5.74, 6) is 0.508. The molecule has 2 aromatic carbocycles. The monoisotopic (exact) mass is 355 g/mol. The fourth-order valence-electron chi connectivity index (χ4n) is 3.25. The first kappa shape index (κ1) is 17.7. The smallest absolute Gasteiger partial charge is 0.269 e. The third-order valence-corrected chi connectivity index (χ3v) is 4.56. The first-order valence-electron chi connectivity index (χ1n) is 8.46. The number of non-ortho nitro benzene ring substituents is 1. The van der Waals surface area contributed by atoms with Crippen LogP contribution in [0.25, 0.3) is 0 Å². The van der Waals surface area contributed by atoms with E-state index in [1.54, 1.807) is 19.2 Å². The summed E-state index contributed by atoms with van der Waals surface area (Å²) in [4.78, 5) is 25.2. The van der Waals surface area contributed by atoms with E-state index in [4.69, 9.17) is 4.74 Å². The Labute approximate surface area is 151 Å². The normalized spacial score (nSPS) is 16.4. The van der Waals surface area contributed by atoms with Crippen LogP contribution in [0.4, 0.5) is 17.1 Å². The van der Waals surface area contributed by atoms with Crippen molar-refractivity contribution >= 4 is 23.0 Å². The van der Waals surface area contributed by atoms with Crippen molar-refractivity contribution in [2.24, 2.45) is 0 Å². The number of ether oxygens (including phenoxy) is 1. The number of nitro benzene ring substituents is 1. The largest absolute Gasteiger partial charge is 0.495 e. The zero-order chi connectivity index (χ0) is 18.7. The van der Waals surface area contributed by atoms with E-state index < -0.39 is 4.92 Å². The van der Waals surface area contributed by atoms with Crippen LogP contribution in [0, 0.1) is 17.0 Å². The van der Waals surface area contributed by atoms with Gasteiger partial charge in [-0.3, -0.25) is 14.9 Å². The van der Waals surface area contributed by atoms with Crippen molar-refractivity contribution in [2.75, 3.05) is 23.9 Å². The molecule has 1 heterocycles. The Kier molecular flexibility index (Phi) is 5.06. The van der Waals surface area contributed by atoms with Crippen LogP contribution in [0.15, 0.2) is 42.5 Å². The maximum atomic E-state index is 12.8. The molecular weight excluding hydrogens is 334 g/mol. The van der Waals surface area contributed by atoms with E-state index >= 15 is 0 Å². The fourth-order valence-corrected chi connectivity index (χ4v) is 3.25. The van der Waals surface area contributed by atoms with Crippen molar-refractivity contribution in [1.29, 1.82) is 0 Å². The maximum absolute atomic E-state index is 12.8. The lowest BCUT2D eigenvalue weighted by molar-refractivity contribution is -0.384. The first-order chi connectivity index (χ1) is 12.5. The van der Waals surface area contributed by atoms with Crippen LogP contribution in [0.3, 0.4) is 0 Å². The van der Waals surface area contributed by atoms with E-state index in [9.17, 15) is 14.9 Å². The highest BCUT2D eigenvalue weighted by molar-refractivity contribution is 5.98. The molecule has 1 saturated heterocycles. The van der Waals surface area contributed by atoms with Crippen molar-refractivity contribution < 1.29 is 14.5 Å². The van der Waals surface area contributed by atoms with Crippen LogP contribution < -0.4 is 15.0 Å². The topological polar surface area (TPSA) is 84.7 Å². The van der Waals surface area contributed by atoms with E-state index in [0.717, 1.165) is 30.6 Å². The maximum Gasteiger partial charge on any atom is 0.269 e. The molecule has 26 heavy (non-hydrogen) atoms. The summed E-state index contributed by atoms with van der Waals surface area (Å²) in [7, 11) is 1.57. The molecule has 3 rings (SSSR count). The summed E-state index contributed by atoms with van der Waals surface area (Å²) in [5, 5.41) is 13.8. The molecule has 1 atom stereocenters. The molecule has 1 aliphatic heterocycles. The number of anilines is 2. The van der Waals surface area contributed by atoms with Gasteiger partial charge < -0.3 is 15.0 Å². The number of hydrogen-bond donors (Lipinski definition) is 1. The lowest BCUT2D eigenvalue weighted by Crippen LogP contribution is -2.39. The molecule has 1 N–H and O–H groups in total. The standard InChI is InChI=1S/C19H21N3O4/c1-13-5-10-18(26-2)16(12-13)20-19(23)17-4-3-11-21(17)14-6-8-15(9-7-14)22(24)25/h5-10,12,17H,3-4,11H2,1-2H3,(H,20,23). The number of methoxy groups -OCH3 is 1. The summed E-state index contributed by atoms with van der Waals surface area (Å²) in [5.41, 5.74) is 2.52. The second kappa shape index (κ2) is 7.43. The van der Waals surface area contributed by atoms with Gasteiger partial charge in [-0.05, 0) is 49.6 Å². The van der Waals surface area contributed by atoms with Gasteiger partial charge in [0.1, 0.15) is 11.8 Å². The Morgan fingerprint density at radius 3 is 2.65 bits per heavy atom. The van der Waals surface area contributed by atoms with Crippen LogP contribution in [0.2, 0.25) is 0 Å². The lowest BCUT2D eigenvalue weighted by Gasteiger charge is -2.26. The van der Waals surface area contributed by atoms with Crippen LogP contribution >= 0.6 is 0 Å². The third kappa shape index (κ3) is 3.61. The van der Waals surface area contributed by atoms with Gasteiger partial charge in [0.2, 0.25) is 5.91 Å². The van der Waals surface area contributed by atoms with Crippen molar-refractivity contribution in [3.8, 4) is 5.75 Å². The quantitative estimate of drug-likeness (QED) is 0.655. The number of nitrogens with zero attached hydrogens (tertiary/aromatic N) is 2. The van der Waals surface area contributed by atoms with Gasteiger partial charge in [-0.1, -0.05) is 6.07 Å². The summed E-state index contributed by atoms with van der Waals surface area (Å²) < 4.78 is 5.32. The molecule has 0 saturated carbocycles. The Morgan fingerprint density at radius 1 is 1.27 bits per heavy atom. The van der Waals surface area contributed by atoms with E-state index in [0.29, 0.717) is 11.4 Å². The van der Waals surface area contributed by atoms with Crippen LogP contribution in [0.1, 0.15) is 18.4 Å². The van der Waals surface area contributed by atoms with E-state index in [1.165, 1.54) is 12.1 Å². The minimum absolute atomic E-state index is 0.0402. The molecule has 7 nitrogen and oxygen atoms in total. The fraction of sp³-hybridized carbons (Fsp3) is 0.316. The molecule has 0 bridgehead atoms. The molecule has 7 heteroatoms. The van der Waals surface area contributed by atoms with E-state index in [2.05, 4.69) is 5.32 Å². The Hall–Kier alpha value is -3.09. The number of carbonyl (C=O) groups is 1. The lowest BCUT2D eigenvalue weighted by atomic mass is 10.1. The second-order valence-electron chi connectivity index (χ2n) is 6.32. The minimum atomic E-state index is -0.429. The van der Waals surface area contributed by atoms with E-state index in [1.807, 2.05) is 30.0 Å². The van der Waals surface area contributed by atoms with Crippen molar-refractivity contribution in [3.05, 3.63) is 58.1 Å². The van der Waals surface area contributed by atoms with Crippen LogP contribution in [-0.2, 0) is 4.79 Å². The van der Waals surface area contributed by atoms with Gasteiger partial charge in [-0.2, -0.15) is 0 Å². The van der Waals surface area contributed by atoms with Gasteiger partial charge in [0, 0.05) is 24.4 Å². The molecule has 1 unspecified atom stereocenters. The van der Waals surface area contributed by atoms with Crippen molar-refractivity contribution in [2.45, 2.75) is 25.8 Å². The molecule has 136 valence electrons. The predicted molar refractivity (Wildman–Crippen MR) is 99.8 cm³/mol. The Bertz CT molecular complexity index is 820. The summed E-state index contributed by atoms with van der Waals surface area (Å²) >= 11 is 0. The molecule has 0 radical (unpaired) electrons. The number of rotatable bonds is 5. The third-order valence-electron chi connectivity index (χ3n) is 4.56. The van der Waals surface area contributed by atoms with Gasteiger partial charge in [0.15, 0.2) is 0 Å². The average molecular weight is 355 g/mol. The van der Waals surface area contributed by atoms with Crippen molar-refractivity contribution in [3.63, 3.8) is 0 Å². The van der Waals surface area contributed by atoms with Gasteiger partial charge in [-0.25, -0.2) is 0 Å². The molecule has 2 aromatic rings. The molecule has 1 aliphatic rings. The van der Waals surface area contributed by atoms with Crippen molar-refractivity contribution in [1.82, 2.24) is 0 Å². The first-order valence-corrected chi connectivity index (χ1v) is 8.46. The summed E-state index contributed by atoms with van der Waals surface area (Å²) in [6.07, 6.45) is 1.62. The van der Waals surface area contributed by atoms with Gasteiger partial charge >= 0.3 is 0 Å². The SMILES string of the molecule is COc1ccc(C)cc1NC(=O)C1CCCN1c1ccc([N+](=O)[O-])cc1. The highest BCUT2D eigenvalue weighted by Gasteiger charge is 2.31. The Balaban J connectivity index is 1.78. The molecule has 0 aliphatic carbocycles. The number of aryl methyl sites for hydroxylation is 1. The molecular formula is C19H21N3O4. The zero-order valence-corrected chi connectivity index (χ0v) is 14.8. The summed E-state index contributed by atoms with van der Waals surface area (Å²) in [6, 6.07) is 11.6. The number of hydrogen-bond acceptors (Lipinski definition) is 5. The minimum Gasteiger partial charge on any atom is -0.495 e. The van der Waals surface area contributed by atoms with Gasteiger partial charge in [-0.15, -0.1) is 0 Å². The second-order valence-corrected chi connectivity index (χ2v) is 6.32. The van der Waals surface area contributed by atoms with Crippen LogP contribution in [-0.4, -0.2) is 30.5 Å². The number of carbonyl (C=O) groups excluding carboxylic acids is 1. The molecule has 1 fully saturated rings. The molecule has 0 aromatic heterocycles.